The topological polar surface area (TPSA) is 72.5 Å². The van der Waals surface area contributed by atoms with E-state index in [0.29, 0.717) is 31.9 Å². The predicted molar refractivity (Wildman–Crippen MR) is 87.5 cm³/mol. The highest BCUT2D eigenvalue weighted by Crippen LogP contribution is 2.24. The number of ether oxygens (including phenoxy) is 2. The second-order valence-electron chi connectivity index (χ2n) is 5.42. The van der Waals surface area contributed by atoms with Gasteiger partial charge < -0.3 is 20.1 Å². The minimum Gasteiger partial charge on any atom is -0.383 e. The maximum atomic E-state index is 12.5. The van der Waals surface area contributed by atoms with Crippen LogP contribution in [0.25, 0.3) is 10.9 Å². The van der Waals surface area contributed by atoms with Crippen LogP contribution < -0.4 is 10.6 Å². The van der Waals surface area contributed by atoms with Crippen molar-refractivity contribution in [2.75, 3.05) is 40.0 Å². The van der Waals surface area contributed by atoms with Gasteiger partial charge in [-0.3, -0.25) is 4.79 Å². The summed E-state index contributed by atoms with van der Waals surface area (Å²) >= 11 is 0. The van der Waals surface area contributed by atoms with Crippen LogP contribution in [0.4, 0.5) is 0 Å². The minimum atomic E-state index is -0.126. The van der Waals surface area contributed by atoms with Crippen LogP contribution in [0.5, 0.6) is 0 Å². The molecule has 0 unspecified atom stereocenters. The lowest BCUT2D eigenvalue weighted by atomic mass is 10.0. The van der Waals surface area contributed by atoms with Crippen molar-refractivity contribution in [1.29, 1.82) is 0 Å². The number of nitrogens with zero attached hydrogens (tertiary/aromatic N) is 1. The molecule has 2 N–H and O–H groups in total. The number of amides is 1. The first-order valence-electron chi connectivity index (χ1n) is 7.78. The van der Waals surface area contributed by atoms with Crippen molar-refractivity contribution in [2.45, 2.75) is 6.10 Å². The first-order valence-corrected chi connectivity index (χ1v) is 7.78. The Hall–Kier alpha value is -2.02. The fourth-order valence-corrected chi connectivity index (χ4v) is 2.67. The molecule has 1 saturated heterocycles. The number of carbonyl (C=O) groups is 1. The van der Waals surface area contributed by atoms with E-state index >= 15 is 0 Å². The molecule has 2 heterocycles. The lowest BCUT2D eigenvalue weighted by Crippen LogP contribution is -2.34. The van der Waals surface area contributed by atoms with Crippen LogP contribution in [-0.2, 0) is 9.47 Å². The average Bonchev–Trinajstić information content (AvgIpc) is 2.61. The highest BCUT2D eigenvalue weighted by molar-refractivity contribution is 6.06. The van der Waals surface area contributed by atoms with Gasteiger partial charge in [0.05, 0.1) is 30.0 Å². The maximum Gasteiger partial charge on any atom is 0.252 e. The van der Waals surface area contributed by atoms with Crippen molar-refractivity contribution in [3.05, 3.63) is 41.6 Å². The molecule has 0 spiro atoms. The fourth-order valence-electron chi connectivity index (χ4n) is 2.67. The minimum absolute atomic E-state index is 0.120. The third kappa shape index (κ3) is 3.67. The molecule has 0 bridgehead atoms. The van der Waals surface area contributed by atoms with Crippen LogP contribution in [0.1, 0.15) is 22.2 Å². The molecule has 1 aliphatic heterocycles. The van der Waals surface area contributed by atoms with Gasteiger partial charge in [-0.1, -0.05) is 18.2 Å². The fraction of sp³-hybridized carbons (Fsp3) is 0.412. The first-order chi connectivity index (χ1) is 11.3. The third-order valence-electron chi connectivity index (χ3n) is 3.83. The lowest BCUT2D eigenvalue weighted by Gasteiger charge is -2.24. The number of methoxy groups -OCH3 is 1. The van der Waals surface area contributed by atoms with E-state index in [1.807, 2.05) is 30.3 Å². The summed E-state index contributed by atoms with van der Waals surface area (Å²) < 4.78 is 10.7. The molecule has 1 aromatic heterocycles. The van der Waals surface area contributed by atoms with E-state index in [0.717, 1.165) is 23.1 Å². The predicted octanol–water partition coefficient (Wildman–Crippen LogP) is 1.27. The second kappa shape index (κ2) is 7.50. The number of aromatic nitrogens is 1. The van der Waals surface area contributed by atoms with Gasteiger partial charge in [-0.15, -0.1) is 0 Å². The zero-order chi connectivity index (χ0) is 16.1. The van der Waals surface area contributed by atoms with Gasteiger partial charge in [0, 0.05) is 32.1 Å². The van der Waals surface area contributed by atoms with E-state index < -0.39 is 0 Å². The quantitative estimate of drug-likeness (QED) is 0.813. The van der Waals surface area contributed by atoms with Crippen molar-refractivity contribution >= 4 is 16.8 Å². The summed E-state index contributed by atoms with van der Waals surface area (Å²) in [7, 11) is 1.61. The Morgan fingerprint density at radius 1 is 1.48 bits per heavy atom. The molecule has 2 aromatic rings. The Morgan fingerprint density at radius 2 is 2.35 bits per heavy atom. The summed E-state index contributed by atoms with van der Waals surface area (Å²) in [6, 6.07) is 9.50. The zero-order valence-electron chi connectivity index (χ0n) is 13.2. The first kappa shape index (κ1) is 15.9. The van der Waals surface area contributed by atoms with Crippen molar-refractivity contribution in [2.24, 2.45) is 0 Å². The van der Waals surface area contributed by atoms with Crippen molar-refractivity contribution < 1.29 is 14.3 Å². The normalized spacial score (nSPS) is 18.0. The maximum absolute atomic E-state index is 12.5. The van der Waals surface area contributed by atoms with E-state index in [1.165, 1.54) is 0 Å². The van der Waals surface area contributed by atoms with Gasteiger partial charge in [0.25, 0.3) is 5.91 Å². The summed E-state index contributed by atoms with van der Waals surface area (Å²) in [5, 5.41) is 7.01. The van der Waals surface area contributed by atoms with E-state index in [2.05, 4.69) is 15.6 Å². The molecule has 3 rings (SSSR count). The molecule has 1 aliphatic rings. The molecular formula is C17H21N3O3. The van der Waals surface area contributed by atoms with Gasteiger partial charge in [0.15, 0.2) is 0 Å². The second-order valence-corrected chi connectivity index (χ2v) is 5.42. The zero-order valence-corrected chi connectivity index (χ0v) is 13.2. The number of morpholine rings is 1. The van der Waals surface area contributed by atoms with Crippen LogP contribution in [0.2, 0.25) is 0 Å². The number of para-hydroxylation sites is 1. The highest BCUT2D eigenvalue weighted by atomic mass is 16.5. The van der Waals surface area contributed by atoms with Gasteiger partial charge >= 0.3 is 0 Å². The molecule has 6 nitrogen and oxygen atoms in total. The molecular weight excluding hydrogens is 294 g/mol. The van der Waals surface area contributed by atoms with E-state index in [9.17, 15) is 4.79 Å². The molecule has 6 heteroatoms. The largest absolute Gasteiger partial charge is 0.383 e. The lowest BCUT2D eigenvalue weighted by molar-refractivity contribution is 0.0252. The Morgan fingerprint density at radius 3 is 3.13 bits per heavy atom. The highest BCUT2D eigenvalue weighted by Gasteiger charge is 2.20. The van der Waals surface area contributed by atoms with Gasteiger partial charge in [0.1, 0.15) is 6.10 Å². The monoisotopic (exact) mass is 315 g/mol. The smallest absolute Gasteiger partial charge is 0.252 e. The number of carbonyl (C=O) groups excluding carboxylic acids is 1. The van der Waals surface area contributed by atoms with Crippen LogP contribution in [-0.4, -0.2) is 50.8 Å². The van der Waals surface area contributed by atoms with Crippen molar-refractivity contribution in [3.63, 3.8) is 0 Å². The summed E-state index contributed by atoms with van der Waals surface area (Å²) in [6.45, 7) is 3.15. The molecule has 0 radical (unpaired) electrons. The third-order valence-corrected chi connectivity index (χ3v) is 3.83. The van der Waals surface area contributed by atoms with Crippen molar-refractivity contribution in [3.8, 4) is 0 Å². The number of fused-ring (bicyclic) bond motifs is 1. The number of benzene rings is 1. The molecule has 122 valence electrons. The Labute approximate surface area is 135 Å². The van der Waals surface area contributed by atoms with Gasteiger partial charge in [-0.2, -0.15) is 0 Å². The van der Waals surface area contributed by atoms with E-state index in [1.54, 1.807) is 7.11 Å². The number of nitrogens with one attached hydrogen (secondary N) is 2. The summed E-state index contributed by atoms with van der Waals surface area (Å²) in [5.74, 6) is -0.120. The number of pyridine rings is 1. The van der Waals surface area contributed by atoms with E-state index in [4.69, 9.17) is 9.47 Å². The molecule has 1 aromatic carbocycles. The summed E-state index contributed by atoms with van der Waals surface area (Å²) in [4.78, 5) is 17.2. The molecule has 23 heavy (non-hydrogen) atoms. The van der Waals surface area contributed by atoms with Crippen LogP contribution in [0.15, 0.2) is 30.3 Å². The van der Waals surface area contributed by atoms with Crippen LogP contribution >= 0.6 is 0 Å². The van der Waals surface area contributed by atoms with Gasteiger partial charge in [0.2, 0.25) is 0 Å². The molecule has 0 aliphatic carbocycles. The van der Waals surface area contributed by atoms with E-state index in [-0.39, 0.29) is 12.0 Å². The summed E-state index contributed by atoms with van der Waals surface area (Å²) in [5.41, 5.74) is 2.21. The molecule has 0 saturated carbocycles. The number of hydrogen-bond donors (Lipinski definition) is 2. The standard InChI is InChI=1S/C17H21N3O3/c1-22-8-7-19-17(21)13-10-15(16-11-18-6-9-23-16)20-14-5-3-2-4-12(13)14/h2-5,10,16,18H,6-9,11H2,1H3,(H,19,21)/t16-/m1/s1. The molecule has 1 fully saturated rings. The van der Waals surface area contributed by atoms with Gasteiger partial charge in [-0.25, -0.2) is 4.98 Å². The van der Waals surface area contributed by atoms with Crippen molar-refractivity contribution in [1.82, 2.24) is 15.6 Å². The molecule has 1 amide bonds. The Bertz CT molecular complexity index is 684. The number of rotatable bonds is 5. The Kier molecular flexibility index (Phi) is 5.17. The van der Waals surface area contributed by atoms with Crippen LogP contribution in [0, 0.1) is 0 Å². The number of hydrogen-bond acceptors (Lipinski definition) is 5. The summed E-state index contributed by atoms with van der Waals surface area (Å²) in [6.07, 6.45) is -0.126. The SMILES string of the molecule is COCCNC(=O)c1cc([C@H]2CNCCO2)nc2ccccc12. The van der Waals surface area contributed by atoms with Crippen LogP contribution in [0.3, 0.4) is 0 Å². The molecule has 1 atom stereocenters. The van der Waals surface area contributed by atoms with Gasteiger partial charge in [-0.05, 0) is 12.1 Å². The Balaban J connectivity index is 1.95. The average molecular weight is 315 g/mol.